The Labute approximate surface area is 196 Å². The summed E-state index contributed by atoms with van der Waals surface area (Å²) < 4.78 is 21.1. The molecule has 1 fully saturated rings. The van der Waals surface area contributed by atoms with Gasteiger partial charge in [-0.05, 0) is 55.2 Å². The first kappa shape index (κ1) is 22.2. The maximum atomic E-state index is 13.7. The second-order valence-electron chi connectivity index (χ2n) is 8.87. The number of hydrogen-bond donors (Lipinski definition) is 2. The molecule has 0 unspecified atom stereocenters. The van der Waals surface area contributed by atoms with E-state index in [1.165, 1.54) is 12.4 Å². The summed E-state index contributed by atoms with van der Waals surface area (Å²) in [6, 6.07) is 11.2. The normalized spacial score (nSPS) is 18.9. The molecule has 0 aliphatic carbocycles. The van der Waals surface area contributed by atoms with Crippen LogP contribution in [-0.2, 0) is 6.54 Å². The molecule has 1 aliphatic rings. The Morgan fingerprint density at radius 2 is 2.09 bits per heavy atom. The van der Waals surface area contributed by atoms with E-state index in [4.69, 9.17) is 4.74 Å². The zero-order valence-corrected chi connectivity index (χ0v) is 19.2. The highest BCUT2D eigenvalue weighted by Crippen LogP contribution is 2.40. The van der Waals surface area contributed by atoms with E-state index in [1.54, 1.807) is 23.9 Å². The molecule has 2 aromatic carbocycles. The fourth-order valence-corrected chi connectivity index (χ4v) is 5.12. The highest BCUT2D eigenvalue weighted by molar-refractivity contribution is 5.88. The molecule has 0 bridgehead atoms. The molecule has 0 radical (unpaired) electrons. The van der Waals surface area contributed by atoms with E-state index in [2.05, 4.69) is 34.0 Å². The number of carboxylic acids is 1. The Morgan fingerprint density at radius 1 is 1.29 bits per heavy atom. The van der Waals surface area contributed by atoms with E-state index in [9.17, 15) is 14.3 Å². The number of nitrogens with zero attached hydrogens (tertiary/aromatic N) is 3. The highest BCUT2D eigenvalue weighted by atomic mass is 19.1. The molecule has 2 aromatic heterocycles. The number of hydrogen-bond acceptors (Lipinski definition) is 4. The van der Waals surface area contributed by atoms with Gasteiger partial charge >= 0.3 is 5.97 Å². The fourth-order valence-electron chi connectivity index (χ4n) is 5.12. The number of carbonyl (C=O) groups is 1. The minimum Gasteiger partial charge on any atom is -0.496 e. The third-order valence-electron chi connectivity index (χ3n) is 6.86. The van der Waals surface area contributed by atoms with Gasteiger partial charge in [-0.3, -0.25) is 9.58 Å². The number of benzene rings is 2. The molecule has 2 atom stereocenters. The van der Waals surface area contributed by atoms with Crippen molar-refractivity contribution in [2.24, 2.45) is 0 Å². The van der Waals surface area contributed by atoms with Gasteiger partial charge in [0.05, 0.1) is 31.1 Å². The highest BCUT2D eigenvalue weighted by Gasteiger charge is 2.32. The largest absolute Gasteiger partial charge is 0.496 e. The van der Waals surface area contributed by atoms with Crippen LogP contribution in [0.5, 0.6) is 5.75 Å². The average molecular weight is 463 g/mol. The molecule has 5 rings (SSSR count). The Balaban J connectivity index is 1.51. The van der Waals surface area contributed by atoms with Crippen LogP contribution in [0.2, 0.25) is 0 Å². The molecule has 0 spiro atoms. The Bertz CT molecular complexity index is 1330. The number of carboxylic acid groups (broad SMARTS) is 1. The van der Waals surface area contributed by atoms with Crippen LogP contribution < -0.4 is 4.74 Å². The maximum Gasteiger partial charge on any atom is 0.335 e. The van der Waals surface area contributed by atoms with Gasteiger partial charge in [0.15, 0.2) is 5.82 Å². The number of halogens is 1. The number of H-pyrrole nitrogens is 1. The summed E-state index contributed by atoms with van der Waals surface area (Å²) in [5.74, 6) is -0.443. The summed E-state index contributed by atoms with van der Waals surface area (Å²) in [4.78, 5) is 17.1. The van der Waals surface area contributed by atoms with Crippen molar-refractivity contribution >= 4 is 16.9 Å². The summed E-state index contributed by atoms with van der Waals surface area (Å²) in [5, 5.41) is 14.7. The van der Waals surface area contributed by atoms with Crippen molar-refractivity contribution in [3.05, 3.63) is 83.1 Å². The van der Waals surface area contributed by atoms with Crippen LogP contribution in [0.4, 0.5) is 4.39 Å². The van der Waals surface area contributed by atoms with Crippen LogP contribution in [0.3, 0.4) is 0 Å². The second kappa shape index (κ2) is 8.95. The monoisotopic (exact) mass is 462 g/mol. The second-order valence-corrected chi connectivity index (χ2v) is 8.87. The molecule has 0 saturated carbocycles. The topological polar surface area (TPSA) is 83.4 Å². The van der Waals surface area contributed by atoms with Gasteiger partial charge in [-0.2, -0.15) is 5.10 Å². The number of methoxy groups -OCH3 is 1. The zero-order chi connectivity index (χ0) is 23.8. The smallest absolute Gasteiger partial charge is 0.335 e. The standard InChI is InChI=1S/C26H27FN4O3/c1-16-11-24(34-2)22(21-7-9-28-25(16)21)15-30-10-8-20(31-14-19(27)13-29-31)12-23(30)17-3-5-18(6-4-17)26(32)33/h3-7,9,11,13-14,20,23,28H,8,10,12,15H2,1-2H3,(H,32,33)/t20-,23+/m0/s1. The van der Waals surface area contributed by atoms with Crippen LogP contribution in [-0.4, -0.2) is 44.4 Å². The summed E-state index contributed by atoms with van der Waals surface area (Å²) in [6.45, 7) is 3.51. The first-order valence-electron chi connectivity index (χ1n) is 11.3. The van der Waals surface area contributed by atoms with Gasteiger partial charge in [0.2, 0.25) is 0 Å². The summed E-state index contributed by atoms with van der Waals surface area (Å²) >= 11 is 0. The predicted octanol–water partition coefficient (Wildman–Crippen LogP) is 5.10. The number of fused-ring (bicyclic) bond motifs is 1. The molecule has 3 heterocycles. The Hall–Kier alpha value is -3.65. The van der Waals surface area contributed by atoms with Crippen molar-refractivity contribution in [1.82, 2.24) is 19.7 Å². The quantitative estimate of drug-likeness (QED) is 0.417. The van der Waals surface area contributed by atoms with Crippen molar-refractivity contribution in [3.8, 4) is 5.75 Å². The van der Waals surface area contributed by atoms with Gasteiger partial charge < -0.3 is 14.8 Å². The van der Waals surface area contributed by atoms with E-state index in [-0.39, 0.29) is 23.5 Å². The molecule has 1 aliphatic heterocycles. The van der Waals surface area contributed by atoms with Gasteiger partial charge in [-0.15, -0.1) is 0 Å². The number of ether oxygens (including phenoxy) is 1. The lowest BCUT2D eigenvalue weighted by molar-refractivity contribution is 0.0696. The minimum absolute atomic E-state index is 0.00820. The molecule has 8 heteroatoms. The van der Waals surface area contributed by atoms with Crippen LogP contribution in [0.25, 0.3) is 10.9 Å². The first-order valence-corrected chi connectivity index (χ1v) is 11.3. The van der Waals surface area contributed by atoms with Crippen molar-refractivity contribution in [1.29, 1.82) is 0 Å². The van der Waals surface area contributed by atoms with Crippen LogP contribution in [0, 0.1) is 12.7 Å². The number of aromatic carboxylic acids is 1. The van der Waals surface area contributed by atoms with Crippen LogP contribution in [0.15, 0.2) is 55.0 Å². The molecule has 0 amide bonds. The van der Waals surface area contributed by atoms with E-state index >= 15 is 0 Å². The van der Waals surface area contributed by atoms with Crippen molar-refractivity contribution in [3.63, 3.8) is 0 Å². The maximum absolute atomic E-state index is 13.7. The lowest BCUT2D eigenvalue weighted by Gasteiger charge is -2.40. The lowest BCUT2D eigenvalue weighted by atomic mass is 9.90. The number of piperidine rings is 1. The van der Waals surface area contributed by atoms with Crippen molar-refractivity contribution in [2.75, 3.05) is 13.7 Å². The number of likely N-dealkylation sites (tertiary alicyclic amines) is 1. The zero-order valence-electron chi connectivity index (χ0n) is 19.2. The Morgan fingerprint density at radius 3 is 2.76 bits per heavy atom. The molecule has 7 nitrogen and oxygen atoms in total. The molecule has 4 aromatic rings. The van der Waals surface area contributed by atoms with Gasteiger partial charge in [-0.25, -0.2) is 9.18 Å². The average Bonchev–Trinajstić information content (AvgIpc) is 3.51. The molecular formula is C26H27FN4O3. The Kier molecular flexibility index (Phi) is 5.83. The number of nitrogens with one attached hydrogen (secondary N) is 1. The van der Waals surface area contributed by atoms with E-state index in [1.807, 2.05) is 18.3 Å². The summed E-state index contributed by atoms with van der Waals surface area (Å²) in [7, 11) is 1.69. The molecule has 1 saturated heterocycles. The van der Waals surface area contributed by atoms with Gasteiger partial charge in [0.1, 0.15) is 5.75 Å². The predicted molar refractivity (Wildman–Crippen MR) is 127 cm³/mol. The molecule has 2 N–H and O–H groups in total. The number of rotatable bonds is 6. The van der Waals surface area contributed by atoms with Crippen LogP contribution in [0.1, 0.15) is 52.0 Å². The van der Waals surface area contributed by atoms with Crippen molar-refractivity contribution in [2.45, 2.75) is 38.4 Å². The van der Waals surface area contributed by atoms with Crippen molar-refractivity contribution < 1.29 is 19.0 Å². The first-order chi connectivity index (χ1) is 16.4. The van der Waals surface area contributed by atoms with E-state index < -0.39 is 5.97 Å². The summed E-state index contributed by atoms with van der Waals surface area (Å²) in [6.07, 6.45) is 6.19. The van der Waals surface area contributed by atoms with E-state index in [0.717, 1.165) is 52.7 Å². The number of aryl methyl sites for hydroxylation is 1. The van der Waals surface area contributed by atoms with Gasteiger partial charge in [0.25, 0.3) is 0 Å². The fraction of sp³-hybridized carbons (Fsp3) is 0.308. The third kappa shape index (κ3) is 4.05. The van der Waals surface area contributed by atoms with Gasteiger partial charge in [0, 0.05) is 41.8 Å². The van der Waals surface area contributed by atoms with E-state index in [0.29, 0.717) is 6.54 Å². The number of aromatic nitrogens is 3. The number of aromatic amines is 1. The molecular weight excluding hydrogens is 435 g/mol. The minimum atomic E-state index is -0.948. The molecule has 176 valence electrons. The van der Waals surface area contributed by atoms with Crippen LogP contribution >= 0.6 is 0 Å². The third-order valence-corrected chi connectivity index (χ3v) is 6.86. The SMILES string of the molecule is COc1cc(C)c2[nH]ccc2c1CN1CC[C@H](n2cc(F)cn2)C[C@@H]1c1ccc(C(=O)O)cc1. The van der Waals surface area contributed by atoms with Gasteiger partial charge in [-0.1, -0.05) is 12.1 Å². The lowest BCUT2D eigenvalue weighted by Crippen LogP contribution is -2.37. The summed E-state index contributed by atoms with van der Waals surface area (Å²) in [5.41, 5.74) is 4.62. The molecule has 34 heavy (non-hydrogen) atoms.